The summed E-state index contributed by atoms with van der Waals surface area (Å²) in [7, 11) is 0. The summed E-state index contributed by atoms with van der Waals surface area (Å²) in [6.07, 6.45) is 7.90. The van der Waals surface area contributed by atoms with E-state index in [2.05, 4.69) is 29.8 Å². The molecule has 3 nitrogen and oxygen atoms in total. The number of hydrogen-bond donors (Lipinski definition) is 3. The average molecular weight is 241 g/mol. The zero-order valence-corrected chi connectivity index (χ0v) is 11.7. The molecule has 2 unspecified atom stereocenters. The van der Waals surface area contributed by atoms with Gasteiger partial charge >= 0.3 is 0 Å². The lowest BCUT2D eigenvalue weighted by molar-refractivity contribution is 0.406. The molecule has 1 aliphatic rings. The van der Waals surface area contributed by atoms with Crippen LogP contribution in [-0.2, 0) is 0 Å². The summed E-state index contributed by atoms with van der Waals surface area (Å²) in [6, 6.07) is 1.33. The molecule has 0 aromatic carbocycles. The van der Waals surface area contributed by atoms with E-state index in [0.717, 1.165) is 26.2 Å². The molecule has 3 heteroatoms. The zero-order chi connectivity index (χ0) is 12.3. The lowest BCUT2D eigenvalue weighted by Gasteiger charge is -2.21. The predicted molar refractivity (Wildman–Crippen MR) is 75.5 cm³/mol. The van der Waals surface area contributed by atoms with Crippen molar-refractivity contribution in [2.24, 2.45) is 0 Å². The Balaban J connectivity index is 2.29. The topological polar surface area (TPSA) is 36.1 Å². The molecule has 1 rings (SSSR count). The lowest BCUT2D eigenvalue weighted by atomic mass is 10.1. The van der Waals surface area contributed by atoms with Crippen molar-refractivity contribution in [3.63, 3.8) is 0 Å². The highest BCUT2D eigenvalue weighted by Gasteiger charge is 2.13. The first-order chi connectivity index (χ1) is 8.36. The molecule has 1 heterocycles. The van der Waals surface area contributed by atoms with Crippen LogP contribution in [0, 0.1) is 0 Å². The molecule has 102 valence electrons. The molecular weight excluding hydrogens is 210 g/mol. The Labute approximate surface area is 107 Å². The minimum absolute atomic E-state index is 0.666. The van der Waals surface area contributed by atoms with Crippen molar-refractivity contribution in [2.45, 2.75) is 64.5 Å². The molecular formula is C14H31N3. The number of nitrogens with one attached hydrogen (secondary N) is 3. The summed E-state index contributed by atoms with van der Waals surface area (Å²) in [5.41, 5.74) is 0. The fraction of sp³-hybridized carbons (Fsp3) is 1.00. The monoisotopic (exact) mass is 241 g/mol. The van der Waals surface area contributed by atoms with Gasteiger partial charge in [0.1, 0.15) is 0 Å². The molecule has 0 spiro atoms. The second-order valence-electron chi connectivity index (χ2n) is 5.24. The SMILES string of the molecule is CCCCC1CNCCNC(CCCC)CN1. The van der Waals surface area contributed by atoms with Crippen molar-refractivity contribution < 1.29 is 0 Å². The lowest BCUT2D eigenvalue weighted by Crippen LogP contribution is -2.43. The normalized spacial score (nSPS) is 27.2. The van der Waals surface area contributed by atoms with Crippen LogP contribution in [0.4, 0.5) is 0 Å². The third-order valence-corrected chi connectivity index (χ3v) is 3.59. The van der Waals surface area contributed by atoms with E-state index in [4.69, 9.17) is 0 Å². The highest BCUT2D eigenvalue weighted by atomic mass is 15.1. The first-order valence-corrected chi connectivity index (χ1v) is 7.54. The van der Waals surface area contributed by atoms with Crippen molar-refractivity contribution in [1.82, 2.24) is 16.0 Å². The smallest absolute Gasteiger partial charge is 0.0193 e. The molecule has 0 aromatic rings. The number of rotatable bonds is 6. The van der Waals surface area contributed by atoms with Gasteiger partial charge in [0.05, 0.1) is 0 Å². The van der Waals surface area contributed by atoms with Gasteiger partial charge in [-0.05, 0) is 12.8 Å². The first-order valence-electron chi connectivity index (χ1n) is 7.54. The van der Waals surface area contributed by atoms with E-state index in [1.54, 1.807) is 0 Å². The quantitative estimate of drug-likeness (QED) is 0.664. The molecule has 3 N–H and O–H groups in total. The van der Waals surface area contributed by atoms with Crippen molar-refractivity contribution in [3.05, 3.63) is 0 Å². The van der Waals surface area contributed by atoms with E-state index in [0.29, 0.717) is 12.1 Å². The second-order valence-corrected chi connectivity index (χ2v) is 5.24. The summed E-state index contributed by atoms with van der Waals surface area (Å²) >= 11 is 0. The van der Waals surface area contributed by atoms with Crippen LogP contribution in [0.25, 0.3) is 0 Å². The van der Waals surface area contributed by atoms with Crippen molar-refractivity contribution in [2.75, 3.05) is 26.2 Å². The Hall–Kier alpha value is -0.120. The van der Waals surface area contributed by atoms with Gasteiger partial charge < -0.3 is 16.0 Å². The van der Waals surface area contributed by atoms with Gasteiger partial charge in [-0.1, -0.05) is 39.5 Å². The molecule has 0 amide bonds. The largest absolute Gasteiger partial charge is 0.314 e. The van der Waals surface area contributed by atoms with Crippen LogP contribution in [0.15, 0.2) is 0 Å². The van der Waals surface area contributed by atoms with Gasteiger partial charge in [0.25, 0.3) is 0 Å². The maximum atomic E-state index is 3.73. The number of hydrogen-bond acceptors (Lipinski definition) is 3. The summed E-state index contributed by atoms with van der Waals surface area (Å²) in [5.74, 6) is 0. The molecule has 17 heavy (non-hydrogen) atoms. The second kappa shape index (κ2) is 9.86. The molecule has 0 radical (unpaired) electrons. The van der Waals surface area contributed by atoms with E-state index >= 15 is 0 Å². The number of unbranched alkanes of at least 4 members (excludes halogenated alkanes) is 2. The van der Waals surface area contributed by atoms with Gasteiger partial charge in [-0.3, -0.25) is 0 Å². The van der Waals surface area contributed by atoms with Gasteiger partial charge in [-0.2, -0.15) is 0 Å². The van der Waals surface area contributed by atoms with E-state index in [9.17, 15) is 0 Å². The van der Waals surface area contributed by atoms with Gasteiger partial charge in [-0.15, -0.1) is 0 Å². The Morgan fingerprint density at radius 3 is 2.12 bits per heavy atom. The van der Waals surface area contributed by atoms with Gasteiger partial charge in [0.15, 0.2) is 0 Å². The van der Waals surface area contributed by atoms with Crippen molar-refractivity contribution in [1.29, 1.82) is 0 Å². The molecule has 0 saturated carbocycles. The van der Waals surface area contributed by atoms with Crippen LogP contribution >= 0.6 is 0 Å². The molecule has 0 bridgehead atoms. The minimum Gasteiger partial charge on any atom is -0.314 e. The predicted octanol–water partition coefficient (Wildman–Crippen LogP) is 1.89. The molecule has 1 fully saturated rings. The van der Waals surface area contributed by atoms with Gasteiger partial charge in [0.2, 0.25) is 0 Å². The first kappa shape index (κ1) is 14.9. The molecule has 1 aliphatic heterocycles. The van der Waals surface area contributed by atoms with Gasteiger partial charge in [-0.25, -0.2) is 0 Å². The highest BCUT2D eigenvalue weighted by molar-refractivity contribution is 4.78. The highest BCUT2D eigenvalue weighted by Crippen LogP contribution is 2.04. The van der Waals surface area contributed by atoms with E-state index in [-0.39, 0.29) is 0 Å². The fourth-order valence-electron chi connectivity index (χ4n) is 2.40. The van der Waals surface area contributed by atoms with E-state index < -0.39 is 0 Å². The summed E-state index contributed by atoms with van der Waals surface area (Å²) in [6.45, 7) is 9.02. The van der Waals surface area contributed by atoms with Crippen LogP contribution in [0.3, 0.4) is 0 Å². The van der Waals surface area contributed by atoms with E-state index in [1.807, 2.05) is 0 Å². The molecule has 0 aliphatic carbocycles. The van der Waals surface area contributed by atoms with Crippen molar-refractivity contribution in [3.8, 4) is 0 Å². The Kier molecular flexibility index (Phi) is 8.67. The van der Waals surface area contributed by atoms with Gasteiger partial charge in [0, 0.05) is 38.3 Å². The Bertz CT molecular complexity index is 155. The third kappa shape index (κ3) is 7.02. The third-order valence-electron chi connectivity index (χ3n) is 3.59. The summed E-state index contributed by atoms with van der Waals surface area (Å²) < 4.78 is 0. The Morgan fingerprint density at radius 1 is 0.824 bits per heavy atom. The van der Waals surface area contributed by atoms with Crippen LogP contribution in [0.2, 0.25) is 0 Å². The molecule has 1 saturated heterocycles. The minimum atomic E-state index is 0.666. The molecule has 2 atom stereocenters. The van der Waals surface area contributed by atoms with Crippen LogP contribution in [0.1, 0.15) is 52.4 Å². The van der Waals surface area contributed by atoms with Crippen molar-refractivity contribution >= 4 is 0 Å². The Morgan fingerprint density at radius 2 is 1.47 bits per heavy atom. The maximum absolute atomic E-state index is 3.73. The van der Waals surface area contributed by atoms with Crippen LogP contribution in [0.5, 0.6) is 0 Å². The summed E-state index contributed by atoms with van der Waals surface area (Å²) in [5, 5.41) is 10.9. The zero-order valence-electron chi connectivity index (χ0n) is 11.7. The average Bonchev–Trinajstić information content (AvgIpc) is 2.46. The standard InChI is InChI=1S/C14H31N3/c1-3-5-7-13-11-15-9-10-16-14(12-17-13)8-6-4-2/h13-17H,3-12H2,1-2H3. The summed E-state index contributed by atoms with van der Waals surface area (Å²) in [4.78, 5) is 0. The van der Waals surface area contributed by atoms with E-state index in [1.165, 1.54) is 38.5 Å². The van der Waals surface area contributed by atoms with Crippen LogP contribution < -0.4 is 16.0 Å². The maximum Gasteiger partial charge on any atom is 0.0193 e. The molecule has 0 aromatic heterocycles. The fourth-order valence-corrected chi connectivity index (χ4v) is 2.40. The van der Waals surface area contributed by atoms with Crippen LogP contribution in [-0.4, -0.2) is 38.3 Å².